The van der Waals surface area contributed by atoms with E-state index in [9.17, 15) is 9.59 Å². The normalized spacial score (nSPS) is 20.7. The number of imidazole rings is 1. The Morgan fingerprint density at radius 1 is 1.08 bits per heavy atom. The van der Waals surface area contributed by atoms with Crippen LogP contribution in [0.15, 0.2) is 30.5 Å². The van der Waals surface area contributed by atoms with E-state index < -0.39 is 0 Å². The van der Waals surface area contributed by atoms with Crippen molar-refractivity contribution in [3.8, 4) is 23.3 Å². The van der Waals surface area contributed by atoms with Crippen LogP contribution >= 0.6 is 11.6 Å². The number of halogens is 1. The van der Waals surface area contributed by atoms with E-state index in [-0.39, 0.29) is 42.0 Å². The van der Waals surface area contributed by atoms with Crippen LogP contribution in [0.2, 0.25) is 5.02 Å². The molecule has 0 radical (unpaired) electrons. The van der Waals surface area contributed by atoms with Crippen molar-refractivity contribution in [2.45, 2.75) is 70.6 Å². The summed E-state index contributed by atoms with van der Waals surface area (Å²) in [5, 5.41) is 3.66. The molecule has 10 nitrogen and oxygen atoms in total. The summed E-state index contributed by atoms with van der Waals surface area (Å²) < 4.78 is 12.8. The molecule has 2 aromatic heterocycles. The van der Waals surface area contributed by atoms with Crippen molar-refractivity contribution < 1.29 is 19.1 Å². The van der Waals surface area contributed by atoms with Crippen molar-refractivity contribution in [1.82, 2.24) is 29.7 Å². The third-order valence-electron chi connectivity index (χ3n) is 7.47. The monoisotopic (exact) mass is 552 g/mol. The Labute approximate surface area is 232 Å². The van der Waals surface area contributed by atoms with Gasteiger partial charge in [-0.25, -0.2) is 9.97 Å². The first kappa shape index (κ1) is 26.9. The van der Waals surface area contributed by atoms with Gasteiger partial charge in [-0.05, 0) is 57.2 Å². The average Bonchev–Trinajstić information content (AvgIpc) is 3.44. The van der Waals surface area contributed by atoms with Gasteiger partial charge >= 0.3 is 6.01 Å². The molecule has 5 rings (SSSR count). The quantitative estimate of drug-likeness (QED) is 0.456. The highest BCUT2D eigenvalue weighted by molar-refractivity contribution is 6.30. The molecule has 0 bridgehead atoms. The largest absolute Gasteiger partial charge is 0.480 e. The van der Waals surface area contributed by atoms with Crippen LogP contribution in [0.4, 0.5) is 0 Å². The maximum atomic E-state index is 14.2. The highest BCUT2D eigenvalue weighted by atomic mass is 35.5. The number of nitrogens with zero attached hydrogens (tertiary/aromatic N) is 5. The number of carbonyl (C=O) groups excluding carboxylic acids is 2. The zero-order chi connectivity index (χ0) is 27.8. The lowest BCUT2D eigenvalue weighted by Gasteiger charge is -2.39. The molecule has 2 aliphatic rings. The van der Waals surface area contributed by atoms with Crippen molar-refractivity contribution in [3.05, 3.63) is 52.4 Å². The fourth-order valence-corrected chi connectivity index (χ4v) is 5.96. The van der Waals surface area contributed by atoms with E-state index in [1.807, 2.05) is 29.2 Å². The molecule has 3 aromatic rings. The van der Waals surface area contributed by atoms with E-state index in [2.05, 4.69) is 33.7 Å². The molecule has 11 heteroatoms. The maximum Gasteiger partial charge on any atom is 0.319 e. The Morgan fingerprint density at radius 2 is 1.77 bits per heavy atom. The minimum Gasteiger partial charge on any atom is -0.480 e. The van der Waals surface area contributed by atoms with Crippen LogP contribution in [-0.2, 0) is 4.79 Å². The van der Waals surface area contributed by atoms with Gasteiger partial charge in [0.05, 0.1) is 25.5 Å². The summed E-state index contributed by atoms with van der Waals surface area (Å²) in [6.07, 6.45) is 4.83. The zero-order valence-corrected chi connectivity index (χ0v) is 23.5. The number of rotatable bonds is 7. The lowest BCUT2D eigenvalue weighted by molar-refractivity contribution is -0.119. The Bertz CT molecular complexity index is 1380. The third kappa shape index (κ3) is 4.93. The summed E-state index contributed by atoms with van der Waals surface area (Å²) in [5.74, 6) is 0.747. The van der Waals surface area contributed by atoms with Gasteiger partial charge in [0.15, 0.2) is 5.69 Å². The topological polar surface area (TPSA) is 111 Å². The second-order valence-electron chi connectivity index (χ2n) is 10.3. The van der Waals surface area contributed by atoms with Gasteiger partial charge in [0.1, 0.15) is 11.9 Å². The number of amides is 2. The molecule has 2 amide bonds. The second kappa shape index (κ2) is 10.8. The summed E-state index contributed by atoms with van der Waals surface area (Å²) in [6, 6.07) is 7.60. The van der Waals surface area contributed by atoms with E-state index in [0.717, 1.165) is 36.9 Å². The molecule has 1 N–H and O–H groups in total. The number of fused-ring (bicyclic) bond motifs is 1. The molecule has 3 heterocycles. The summed E-state index contributed by atoms with van der Waals surface area (Å²) >= 11 is 6.24. The van der Waals surface area contributed by atoms with Gasteiger partial charge in [0.25, 0.3) is 5.91 Å². The van der Waals surface area contributed by atoms with Crippen LogP contribution in [0.1, 0.15) is 80.3 Å². The molecule has 206 valence electrons. The Morgan fingerprint density at radius 3 is 2.36 bits per heavy atom. The highest BCUT2D eigenvalue weighted by Gasteiger charge is 2.47. The molecule has 1 unspecified atom stereocenters. The molecule has 0 saturated heterocycles. The molecule has 1 aliphatic heterocycles. The predicted molar refractivity (Wildman–Crippen MR) is 146 cm³/mol. The fourth-order valence-electron chi connectivity index (χ4n) is 5.83. The first-order valence-electron chi connectivity index (χ1n) is 13.2. The number of hydrogen-bond donors (Lipinski definition) is 1. The van der Waals surface area contributed by atoms with Gasteiger partial charge in [0.2, 0.25) is 11.8 Å². The van der Waals surface area contributed by atoms with Gasteiger partial charge < -0.3 is 24.3 Å². The van der Waals surface area contributed by atoms with Crippen LogP contribution in [0, 0.1) is 0 Å². The summed E-state index contributed by atoms with van der Waals surface area (Å²) in [7, 11) is 3.02. The Hall–Kier alpha value is -3.66. The van der Waals surface area contributed by atoms with Crippen molar-refractivity contribution >= 4 is 23.4 Å². The number of hydrogen-bond acceptors (Lipinski definition) is 7. The molecule has 1 saturated carbocycles. The van der Waals surface area contributed by atoms with Crippen molar-refractivity contribution in [2.75, 3.05) is 14.2 Å². The minimum atomic E-state index is -0.346. The molecular weight excluding hydrogens is 520 g/mol. The van der Waals surface area contributed by atoms with Gasteiger partial charge in [-0.15, -0.1) is 0 Å². The van der Waals surface area contributed by atoms with E-state index in [0.29, 0.717) is 28.0 Å². The van der Waals surface area contributed by atoms with E-state index >= 15 is 0 Å². The van der Waals surface area contributed by atoms with E-state index in [4.69, 9.17) is 26.1 Å². The van der Waals surface area contributed by atoms with E-state index in [1.54, 1.807) is 13.1 Å². The predicted octanol–water partition coefficient (Wildman–Crippen LogP) is 4.58. The molecule has 39 heavy (non-hydrogen) atoms. The van der Waals surface area contributed by atoms with Crippen molar-refractivity contribution in [2.24, 2.45) is 0 Å². The zero-order valence-electron chi connectivity index (χ0n) is 22.8. The number of ether oxygens (including phenoxy) is 2. The summed E-state index contributed by atoms with van der Waals surface area (Å²) in [6.45, 7) is 5.67. The van der Waals surface area contributed by atoms with Gasteiger partial charge in [-0.1, -0.05) is 23.7 Å². The number of nitrogens with one attached hydrogen (secondary N) is 1. The van der Waals surface area contributed by atoms with Crippen LogP contribution in [0.25, 0.3) is 11.4 Å². The van der Waals surface area contributed by atoms with E-state index in [1.165, 1.54) is 14.2 Å². The molecule has 1 aromatic carbocycles. The van der Waals surface area contributed by atoms with Gasteiger partial charge in [0, 0.05) is 36.3 Å². The van der Waals surface area contributed by atoms with Crippen LogP contribution in [0.3, 0.4) is 0 Å². The van der Waals surface area contributed by atoms with Crippen LogP contribution in [0.5, 0.6) is 11.9 Å². The number of aromatic nitrogens is 4. The molecule has 1 fully saturated rings. The minimum absolute atomic E-state index is 0.0142. The molecule has 1 atom stereocenters. The second-order valence-corrected chi connectivity index (χ2v) is 10.7. The maximum absolute atomic E-state index is 14.2. The fraction of sp³-hybridized carbons (Fsp3) is 0.464. The highest BCUT2D eigenvalue weighted by Crippen LogP contribution is 2.46. The standard InChI is InChI=1S/C28H33ClN6O4/c1-15(2)34-24-22(32-25(34)21-14-30-28(39-5)33-26(21)38-4)27(37)35(23(24)17-6-8-18(29)9-7-17)20-12-10-19(11-13-20)31-16(3)36/h6-9,14-15,19-20,23H,10-13H2,1-5H3,(H,31,36). The Balaban J connectivity index is 1.62. The van der Waals surface area contributed by atoms with Gasteiger partial charge in [-0.3, -0.25) is 9.59 Å². The average molecular weight is 553 g/mol. The first-order valence-corrected chi connectivity index (χ1v) is 13.5. The summed E-state index contributed by atoms with van der Waals surface area (Å²) in [5.41, 5.74) is 2.78. The smallest absolute Gasteiger partial charge is 0.319 e. The van der Waals surface area contributed by atoms with Crippen molar-refractivity contribution in [3.63, 3.8) is 0 Å². The molecule has 1 aliphatic carbocycles. The van der Waals surface area contributed by atoms with Crippen molar-refractivity contribution in [1.29, 1.82) is 0 Å². The SMILES string of the molecule is COc1ncc(-c2nc3c(n2C(C)C)C(c2ccc(Cl)cc2)N(C2CCC(NC(C)=O)CC2)C3=O)c(OC)n1. The number of carbonyl (C=O) groups is 2. The lowest BCUT2D eigenvalue weighted by atomic mass is 9.89. The Kier molecular flexibility index (Phi) is 7.48. The van der Waals surface area contributed by atoms with Crippen LogP contribution in [-0.4, -0.2) is 62.5 Å². The third-order valence-corrected chi connectivity index (χ3v) is 7.72. The lowest BCUT2D eigenvalue weighted by Crippen LogP contribution is -2.45. The van der Waals surface area contributed by atoms with Gasteiger partial charge in [-0.2, -0.15) is 4.98 Å². The van der Waals surface area contributed by atoms with Crippen LogP contribution < -0.4 is 14.8 Å². The molecule has 0 spiro atoms. The summed E-state index contributed by atoms with van der Waals surface area (Å²) in [4.78, 5) is 41.3. The molecular formula is C28H33ClN6O4. The number of methoxy groups -OCH3 is 2. The number of benzene rings is 1. The first-order chi connectivity index (χ1) is 18.7.